The molecule has 5 nitrogen and oxygen atoms in total. The molecule has 26 heavy (non-hydrogen) atoms. The van der Waals surface area contributed by atoms with E-state index in [2.05, 4.69) is 50.1 Å². The molecule has 0 radical (unpaired) electrons. The molecule has 0 saturated carbocycles. The summed E-state index contributed by atoms with van der Waals surface area (Å²) >= 11 is 1.65. The predicted molar refractivity (Wildman–Crippen MR) is 101 cm³/mol. The molecule has 1 aliphatic heterocycles. The van der Waals surface area contributed by atoms with Crippen molar-refractivity contribution >= 4 is 11.3 Å². The number of benzene rings is 1. The molecule has 0 amide bonds. The van der Waals surface area contributed by atoms with Crippen molar-refractivity contribution in [3.63, 3.8) is 0 Å². The van der Waals surface area contributed by atoms with Gasteiger partial charge >= 0.3 is 0 Å². The minimum Gasteiger partial charge on any atom is -0.360 e. The van der Waals surface area contributed by atoms with Gasteiger partial charge in [-0.15, -0.1) is 11.3 Å². The summed E-state index contributed by atoms with van der Waals surface area (Å²) in [7, 11) is 0. The predicted octanol–water partition coefficient (Wildman–Crippen LogP) is 4.15. The van der Waals surface area contributed by atoms with Crippen LogP contribution in [-0.2, 0) is 19.5 Å². The van der Waals surface area contributed by atoms with Gasteiger partial charge in [0.1, 0.15) is 11.5 Å². The topological polar surface area (TPSA) is 47.1 Å². The maximum atomic E-state index is 5.62. The van der Waals surface area contributed by atoms with Gasteiger partial charge in [-0.2, -0.15) is 0 Å². The number of fused-ring (bicyclic) bond motifs is 1. The normalized spacial score (nSPS) is 14.5. The van der Waals surface area contributed by atoms with E-state index in [-0.39, 0.29) is 0 Å². The number of thiazole rings is 1. The first-order valence-corrected chi connectivity index (χ1v) is 9.58. The number of rotatable bonds is 4. The van der Waals surface area contributed by atoms with Crippen LogP contribution in [0.1, 0.15) is 17.0 Å². The SMILES string of the molecule is c1ccc(-c2noc3c2CN(Cc2cccn2-c2nccs2)CC3)cc1. The Labute approximate surface area is 155 Å². The smallest absolute Gasteiger partial charge is 0.193 e. The van der Waals surface area contributed by atoms with Crippen molar-refractivity contribution in [2.45, 2.75) is 19.5 Å². The van der Waals surface area contributed by atoms with Gasteiger partial charge in [0.2, 0.25) is 0 Å². The van der Waals surface area contributed by atoms with Crippen LogP contribution in [0, 0.1) is 0 Å². The van der Waals surface area contributed by atoms with Crippen LogP contribution >= 0.6 is 11.3 Å². The van der Waals surface area contributed by atoms with Crippen LogP contribution in [0.15, 0.2) is 64.8 Å². The third kappa shape index (κ3) is 2.77. The van der Waals surface area contributed by atoms with Crippen molar-refractivity contribution in [3.05, 3.63) is 77.3 Å². The molecule has 4 aromatic rings. The Kier molecular flexibility index (Phi) is 3.92. The van der Waals surface area contributed by atoms with Crippen molar-refractivity contribution in [1.82, 2.24) is 19.6 Å². The molecule has 6 heteroatoms. The van der Waals surface area contributed by atoms with Crippen LogP contribution in [0.5, 0.6) is 0 Å². The van der Waals surface area contributed by atoms with Crippen molar-refractivity contribution in [2.75, 3.05) is 6.54 Å². The lowest BCUT2D eigenvalue weighted by molar-refractivity contribution is 0.225. The molecule has 0 atom stereocenters. The van der Waals surface area contributed by atoms with E-state index < -0.39 is 0 Å². The van der Waals surface area contributed by atoms with Crippen molar-refractivity contribution in [2.24, 2.45) is 0 Å². The van der Waals surface area contributed by atoms with Crippen molar-refractivity contribution in [1.29, 1.82) is 0 Å². The van der Waals surface area contributed by atoms with Crippen LogP contribution in [0.4, 0.5) is 0 Å². The lowest BCUT2D eigenvalue weighted by Crippen LogP contribution is -2.30. The third-order valence-corrected chi connectivity index (χ3v) is 5.57. The Morgan fingerprint density at radius 3 is 2.88 bits per heavy atom. The Bertz CT molecular complexity index is 1000. The van der Waals surface area contributed by atoms with E-state index in [0.29, 0.717) is 0 Å². The average Bonchev–Trinajstić information content (AvgIpc) is 3.42. The highest BCUT2D eigenvalue weighted by Gasteiger charge is 2.25. The maximum absolute atomic E-state index is 5.62. The Morgan fingerprint density at radius 2 is 2.04 bits per heavy atom. The first-order valence-electron chi connectivity index (χ1n) is 8.70. The van der Waals surface area contributed by atoms with Gasteiger partial charge in [-0.1, -0.05) is 35.5 Å². The molecule has 3 aromatic heterocycles. The monoisotopic (exact) mass is 362 g/mol. The second kappa shape index (κ2) is 6.55. The summed E-state index contributed by atoms with van der Waals surface area (Å²) in [5.74, 6) is 1.02. The molecule has 0 unspecified atom stereocenters. The van der Waals surface area contributed by atoms with Crippen LogP contribution in [0.3, 0.4) is 0 Å². The molecular formula is C20H18N4OS. The Morgan fingerprint density at radius 1 is 1.12 bits per heavy atom. The highest BCUT2D eigenvalue weighted by Crippen LogP contribution is 2.30. The summed E-state index contributed by atoms with van der Waals surface area (Å²) in [6.45, 7) is 2.71. The number of aromatic nitrogens is 3. The van der Waals surface area contributed by atoms with E-state index in [9.17, 15) is 0 Å². The summed E-state index contributed by atoms with van der Waals surface area (Å²) in [4.78, 5) is 6.88. The van der Waals surface area contributed by atoms with Crippen LogP contribution < -0.4 is 0 Å². The Hall–Kier alpha value is -2.70. The van der Waals surface area contributed by atoms with Crippen molar-refractivity contribution in [3.8, 4) is 16.4 Å². The van der Waals surface area contributed by atoms with Crippen LogP contribution in [-0.4, -0.2) is 26.2 Å². The van der Waals surface area contributed by atoms with Gasteiger partial charge in [0.05, 0.1) is 0 Å². The summed E-state index contributed by atoms with van der Waals surface area (Å²) in [6.07, 6.45) is 4.83. The molecule has 4 heterocycles. The van der Waals surface area contributed by atoms with Gasteiger partial charge in [-0.05, 0) is 12.1 Å². The van der Waals surface area contributed by atoms with E-state index in [0.717, 1.165) is 48.2 Å². The van der Waals surface area contributed by atoms with Gasteiger partial charge in [0, 0.05) is 60.6 Å². The van der Waals surface area contributed by atoms with Crippen molar-refractivity contribution < 1.29 is 4.52 Å². The zero-order valence-electron chi connectivity index (χ0n) is 14.2. The zero-order chi connectivity index (χ0) is 17.3. The first kappa shape index (κ1) is 15.5. The summed E-state index contributed by atoms with van der Waals surface area (Å²) in [5.41, 5.74) is 4.56. The largest absolute Gasteiger partial charge is 0.360 e. The van der Waals surface area contributed by atoms with Gasteiger partial charge in [-0.3, -0.25) is 9.47 Å². The molecular weight excluding hydrogens is 344 g/mol. The molecule has 1 aliphatic rings. The quantitative estimate of drug-likeness (QED) is 0.547. The fourth-order valence-corrected chi connectivity index (χ4v) is 4.18. The summed E-state index contributed by atoms with van der Waals surface area (Å²) in [6, 6.07) is 14.5. The molecule has 0 saturated heterocycles. The molecule has 1 aromatic carbocycles. The number of hydrogen-bond acceptors (Lipinski definition) is 5. The molecule has 0 aliphatic carbocycles. The molecule has 5 rings (SSSR count). The molecule has 0 spiro atoms. The Balaban J connectivity index is 1.40. The highest BCUT2D eigenvalue weighted by molar-refractivity contribution is 7.12. The van der Waals surface area contributed by atoms with Gasteiger partial charge in [-0.25, -0.2) is 4.98 Å². The average molecular weight is 362 g/mol. The number of hydrogen-bond donors (Lipinski definition) is 0. The second-order valence-electron chi connectivity index (χ2n) is 6.44. The van der Waals surface area contributed by atoms with E-state index >= 15 is 0 Å². The minimum atomic E-state index is 0.853. The molecule has 0 bridgehead atoms. The van der Waals surface area contributed by atoms with E-state index in [4.69, 9.17) is 4.52 Å². The molecule has 0 fully saturated rings. The summed E-state index contributed by atoms with van der Waals surface area (Å²) < 4.78 is 7.79. The van der Waals surface area contributed by atoms with Gasteiger partial charge < -0.3 is 4.52 Å². The fourth-order valence-electron chi connectivity index (χ4n) is 3.52. The lowest BCUT2D eigenvalue weighted by atomic mass is 10.0. The fraction of sp³-hybridized carbons (Fsp3) is 0.200. The maximum Gasteiger partial charge on any atom is 0.193 e. The lowest BCUT2D eigenvalue weighted by Gasteiger charge is -2.26. The first-order chi connectivity index (χ1) is 12.9. The van der Waals surface area contributed by atoms with E-state index in [1.807, 2.05) is 29.8 Å². The van der Waals surface area contributed by atoms with E-state index in [1.54, 1.807) is 11.3 Å². The summed E-state index contributed by atoms with van der Waals surface area (Å²) in [5, 5.41) is 7.36. The minimum absolute atomic E-state index is 0.853. The van der Waals surface area contributed by atoms with E-state index in [1.165, 1.54) is 11.3 Å². The van der Waals surface area contributed by atoms with Crippen LogP contribution in [0.2, 0.25) is 0 Å². The van der Waals surface area contributed by atoms with Gasteiger partial charge in [0.25, 0.3) is 0 Å². The number of nitrogens with zero attached hydrogens (tertiary/aromatic N) is 4. The zero-order valence-corrected chi connectivity index (χ0v) is 15.0. The molecule has 0 N–H and O–H groups in total. The standard InChI is InChI=1S/C20H18N4OS/c1-2-5-15(6-3-1)19-17-14-23(11-8-18(17)25-22-19)13-16-7-4-10-24(16)20-21-9-12-26-20/h1-7,9-10,12H,8,11,13-14H2. The third-order valence-electron chi connectivity index (χ3n) is 4.80. The second-order valence-corrected chi connectivity index (χ2v) is 7.32. The highest BCUT2D eigenvalue weighted by atomic mass is 32.1. The van der Waals surface area contributed by atoms with Crippen LogP contribution in [0.25, 0.3) is 16.4 Å². The molecule has 130 valence electrons. The van der Waals surface area contributed by atoms with Gasteiger partial charge in [0.15, 0.2) is 5.13 Å².